The topological polar surface area (TPSA) is 54.9 Å². The average Bonchev–Trinajstić information content (AvgIpc) is 2.88. The van der Waals surface area contributed by atoms with Crippen LogP contribution in [0.4, 0.5) is 0 Å². The Hall–Kier alpha value is -2.44. The highest BCUT2D eigenvalue weighted by molar-refractivity contribution is 5.94. The van der Waals surface area contributed by atoms with Crippen LogP contribution in [0.1, 0.15) is 34.1 Å². The highest BCUT2D eigenvalue weighted by Gasteiger charge is 2.27. The second-order valence-corrected chi connectivity index (χ2v) is 7.61. The molecule has 0 aliphatic carbocycles. The van der Waals surface area contributed by atoms with Crippen LogP contribution in [0.2, 0.25) is 0 Å². The molecule has 3 heterocycles. The van der Waals surface area contributed by atoms with Gasteiger partial charge in [0.25, 0.3) is 5.91 Å². The van der Waals surface area contributed by atoms with E-state index in [1.165, 1.54) is 5.56 Å². The molecule has 148 valence electrons. The number of nitrogens with zero attached hydrogens (tertiary/aromatic N) is 3. The smallest absolute Gasteiger partial charge is 0.256 e. The SMILES string of the molecule is Cc1ccc(C(=O)N2Cc3cc(CN4CCOCC4)ccc3OC[C@@H]2C)cn1. The van der Waals surface area contributed by atoms with Crippen LogP contribution in [0.25, 0.3) is 0 Å². The van der Waals surface area contributed by atoms with Gasteiger partial charge in [0, 0.05) is 37.1 Å². The van der Waals surface area contributed by atoms with Crippen molar-refractivity contribution in [3.8, 4) is 5.75 Å². The Kier molecular flexibility index (Phi) is 5.59. The lowest BCUT2D eigenvalue weighted by Gasteiger charge is -2.27. The first-order valence-corrected chi connectivity index (χ1v) is 9.88. The molecule has 0 bridgehead atoms. The maximum Gasteiger partial charge on any atom is 0.256 e. The monoisotopic (exact) mass is 381 g/mol. The van der Waals surface area contributed by atoms with Crippen molar-refractivity contribution in [3.63, 3.8) is 0 Å². The Labute approximate surface area is 166 Å². The molecule has 1 atom stereocenters. The van der Waals surface area contributed by atoms with E-state index in [2.05, 4.69) is 22.0 Å². The standard InChI is InChI=1S/C22H27N3O3/c1-16-3-5-19(12-23-16)22(26)25-14-20-11-18(13-24-7-9-27-10-8-24)4-6-21(20)28-15-17(25)2/h3-6,11-12,17H,7-10,13-15H2,1-2H3/t17-/m0/s1. The molecule has 0 N–H and O–H groups in total. The highest BCUT2D eigenvalue weighted by Crippen LogP contribution is 2.28. The number of benzene rings is 1. The van der Waals surface area contributed by atoms with E-state index in [1.54, 1.807) is 6.20 Å². The molecule has 6 nitrogen and oxygen atoms in total. The number of morpholine rings is 1. The van der Waals surface area contributed by atoms with Gasteiger partial charge >= 0.3 is 0 Å². The van der Waals surface area contributed by atoms with Gasteiger partial charge in [-0.05, 0) is 43.7 Å². The molecule has 1 amide bonds. The molecule has 28 heavy (non-hydrogen) atoms. The van der Waals surface area contributed by atoms with E-state index in [0.717, 1.165) is 49.9 Å². The summed E-state index contributed by atoms with van der Waals surface area (Å²) in [5, 5.41) is 0. The molecule has 6 heteroatoms. The van der Waals surface area contributed by atoms with Crippen molar-refractivity contribution in [2.75, 3.05) is 32.9 Å². The Morgan fingerprint density at radius 3 is 2.79 bits per heavy atom. The van der Waals surface area contributed by atoms with Crippen LogP contribution in [-0.4, -0.2) is 59.6 Å². The summed E-state index contributed by atoms with van der Waals surface area (Å²) in [7, 11) is 0. The highest BCUT2D eigenvalue weighted by atomic mass is 16.5. The van der Waals surface area contributed by atoms with Crippen molar-refractivity contribution in [2.45, 2.75) is 33.0 Å². The maximum atomic E-state index is 13.1. The lowest BCUT2D eigenvalue weighted by Crippen LogP contribution is -2.39. The minimum atomic E-state index is -0.0103. The van der Waals surface area contributed by atoms with E-state index in [0.29, 0.717) is 18.7 Å². The van der Waals surface area contributed by atoms with Crippen molar-refractivity contribution < 1.29 is 14.3 Å². The largest absolute Gasteiger partial charge is 0.491 e. The predicted octanol–water partition coefficient (Wildman–Crippen LogP) is 2.65. The number of fused-ring (bicyclic) bond motifs is 1. The number of amides is 1. The fourth-order valence-corrected chi connectivity index (χ4v) is 3.68. The van der Waals surface area contributed by atoms with E-state index in [-0.39, 0.29) is 11.9 Å². The van der Waals surface area contributed by atoms with E-state index in [1.807, 2.05) is 36.9 Å². The summed E-state index contributed by atoms with van der Waals surface area (Å²) in [4.78, 5) is 21.6. The third kappa shape index (κ3) is 4.18. The summed E-state index contributed by atoms with van der Waals surface area (Å²) in [6.07, 6.45) is 1.66. The van der Waals surface area contributed by atoms with Crippen molar-refractivity contribution in [2.24, 2.45) is 0 Å². The van der Waals surface area contributed by atoms with Gasteiger partial charge in [-0.1, -0.05) is 6.07 Å². The number of pyridine rings is 1. The molecule has 0 saturated carbocycles. The number of ether oxygens (including phenoxy) is 2. The van der Waals surface area contributed by atoms with Gasteiger partial charge in [0.05, 0.1) is 31.4 Å². The zero-order valence-corrected chi connectivity index (χ0v) is 16.6. The van der Waals surface area contributed by atoms with Gasteiger partial charge < -0.3 is 14.4 Å². The van der Waals surface area contributed by atoms with Crippen LogP contribution in [0.15, 0.2) is 36.5 Å². The second-order valence-electron chi connectivity index (χ2n) is 7.61. The number of hydrogen-bond acceptors (Lipinski definition) is 5. The molecule has 1 aromatic carbocycles. The number of aryl methyl sites for hydroxylation is 1. The van der Waals surface area contributed by atoms with Crippen molar-refractivity contribution in [1.82, 2.24) is 14.8 Å². The minimum Gasteiger partial charge on any atom is -0.491 e. The zero-order valence-electron chi connectivity index (χ0n) is 16.6. The predicted molar refractivity (Wildman–Crippen MR) is 106 cm³/mol. The Bertz CT molecular complexity index is 831. The number of rotatable bonds is 3. The van der Waals surface area contributed by atoms with E-state index >= 15 is 0 Å². The normalized spacial score (nSPS) is 20.2. The van der Waals surface area contributed by atoms with E-state index in [9.17, 15) is 4.79 Å². The van der Waals surface area contributed by atoms with Gasteiger partial charge in [0.2, 0.25) is 0 Å². The molecule has 2 aliphatic rings. The Balaban J connectivity index is 1.54. The number of carbonyl (C=O) groups is 1. The van der Waals surface area contributed by atoms with Gasteiger partial charge in [-0.3, -0.25) is 14.7 Å². The molecule has 4 rings (SSSR count). The quantitative estimate of drug-likeness (QED) is 0.818. The summed E-state index contributed by atoms with van der Waals surface area (Å²) < 4.78 is 11.4. The Morgan fingerprint density at radius 2 is 2.04 bits per heavy atom. The van der Waals surface area contributed by atoms with E-state index < -0.39 is 0 Å². The Morgan fingerprint density at radius 1 is 1.21 bits per heavy atom. The molecule has 1 fully saturated rings. The van der Waals surface area contributed by atoms with Crippen molar-refractivity contribution >= 4 is 5.91 Å². The van der Waals surface area contributed by atoms with Crippen LogP contribution in [0.5, 0.6) is 5.75 Å². The van der Waals surface area contributed by atoms with Gasteiger partial charge in [-0.25, -0.2) is 0 Å². The first-order chi connectivity index (χ1) is 13.6. The van der Waals surface area contributed by atoms with Gasteiger partial charge in [0.15, 0.2) is 0 Å². The third-order valence-electron chi connectivity index (χ3n) is 5.41. The molecule has 2 aromatic rings. The minimum absolute atomic E-state index is 0.00460. The van der Waals surface area contributed by atoms with Gasteiger partial charge in [0.1, 0.15) is 12.4 Å². The molecule has 0 spiro atoms. The van der Waals surface area contributed by atoms with Crippen LogP contribution < -0.4 is 4.74 Å². The summed E-state index contributed by atoms with van der Waals surface area (Å²) in [5.41, 5.74) is 3.82. The summed E-state index contributed by atoms with van der Waals surface area (Å²) in [5.74, 6) is 0.866. The number of aromatic nitrogens is 1. The third-order valence-corrected chi connectivity index (χ3v) is 5.41. The summed E-state index contributed by atoms with van der Waals surface area (Å²) >= 11 is 0. The first kappa shape index (κ1) is 18.9. The molecule has 2 aliphatic heterocycles. The molecular weight excluding hydrogens is 354 g/mol. The fourth-order valence-electron chi connectivity index (χ4n) is 3.68. The van der Waals surface area contributed by atoms with Crippen LogP contribution in [-0.2, 0) is 17.8 Å². The van der Waals surface area contributed by atoms with Gasteiger partial charge in [-0.2, -0.15) is 0 Å². The number of carbonyl (C=O) groups excluding carboxylic acids is 1. The molecule has 0 radical (unpaired) electrons. The van der Waals surface area contributed by atoms with E-state index in [4.69, 9.17) is 9.47 Å². The molecular formula is C22H27N3O3. The number of hydrogen-bond donors (Lipinski definition) is 0. The zero-order chi connectivity index (χ0) is 19.5. The van der Waals surface area contributed by atoms with Crippen LogP contribution in [0.3, 0.4) is 0 Å². The molecule has 0 unspecified atom stereocenters. The first-order valence-electron chi connectivity index (χ1n) is 9.88. The lowest BCUT2D eigenvalue weighted by molar-refractivity contribution is 0.0341. The van der Waals surface area contributed by atoms with Crippen molar-refractivity contribution in [1.29, 1.82) is 0 Å². The molecule has 1 aromatic heterocycles. The van der Waals surface area contributed by atoms with Crippen LogP contribution in [0, 0.1) is 6.92 Å². The average molecular weight is 381 g/mol. The van der Waals surface area contributed by atoms with Crippen molar-refractivity contribution in [3.05, 3.63) is 58.9 Å². The summed E-state index contributed by atoms with van der Waals surface area (Å²) in [6.45, 7) is 9.36. The fraction of sp³-hybridized carbons (Fsp3) is 0.455. The lowest BCUT2D eigenvalue weighted by atomic mass is 10.1. The van der Waals surface area contributed by atoms with Gasteiger partial charge in [-0.15, -0.1) is 0 Å². The molecule has 1 saturated heterocycles. The van der Waals surface area contributed by atoms with Crippen LogP contribution >= 0.6 is 0 Å². The summed E-state index contributed by atoms with van der Waals surface area (Å²) in [6, 6.07) is 10.1. The maximum absolute atomic E-state index is 13.1. The second kappa shape index (κ2) is 8.29.